The predicted octanol–water partition coefficient (Wildman–Crippen LogP) is 5.28. The topological polar surface area (TPSA) is 259 Å². The number of methoxy groups -OCH3 is 3. The monoisotopic (exact) mass is 1130 g/mol. The number of esters is 1. The summed E-state index contributed by atoms with van der Waals surface area (Å²) in [6.45, 7) is 14.9. The molecule has 4 N–H and O–H groups in total. The molecule has 450 valence electrons. The van der Waals surface area contributed by atoms with Crippen LogP contribution in [0.1, 0.15) is 131 Å². The molecule has 3 fully saturated rings. The first-order valence-electron chi connectivity index (χ1n) is 29.1. The second-order valence-electron chi connectivity index (χ2n) is 23.1. The molecule has 4 aliphatic rings. The number of hydrogen-bond donors (Lipinski definition) is 4. The van der Waals surface area contributed by atoms with Crippen molar-refractivity contribution < 1.29 is 72.8 Å². The normalized spacial score (nSPS) is 34.1. The minimum absolute atomic E-state index is 0.00231. The van der Waals surface area contributed by atoms with E-state index >= 15 is 0 Å². The second-order valence-corrected chi connectivity index (χ2v) is 23.1. The highest BCUT2D eigenvalue weighted by Gasteiger charge is 2.53. The molecule has 0 unspecified atom stereocenters. The molecule has 15 atom stereocenters. The molecule has 1 aromatic rings. The quantitative estimate of drug-likeness (QED) is 0.0932. The Kier molecular flexibility index (Phi) is 27.0. The molecule has 1 amide bonds. The van der Waals surface area contributed by atoms with E-state index in [0.717, 1.165) is 12.0 Å². The van der Waals surface area contributed by atoms with Crippen molar-refractivity contribution in [1.29, 1.82) is 0 Å². The lowest BCUT2D eigenvalue weighted by Gasteiger charge is -2.42. The molecule has 0 radical (unpaired) electrons. The zero-order chi connectivity index (χ0) is 58.7. The van der Waals surface area contributed by atoms with Crippen molar-refractivity contribution in [2.24, 2.45) is 35.5 Å². The SMILES string of the molecule is CO[C@H]1C[C@@H]2CC[C@@H](C)[C@@](O)(O2)C(=O)C(=O)N2CCCC[C@H]2C(=O)O[C@H]([C@H](C)C[C@@H]2CC[C@@H](OCc3cn(CCN(CCO)CCO)nn3)[C@H](OC)C2)CC(=O)[C@H](C)/C=C(\C)[C@@H](O)[C@@H](OC)C(=O)[C@H](C)C[C@H](C)/C=C/C=CC=C1C. The summed E-state index contributed by atoms with van der Waals surface area (Å²) < 4.78 is 38.1. The van der Waals surface area contributed by atoms with E-state index in [1.807, 2.05) is 69.2 Å². The van der Waals surface area contributed by atoms with Crippen LogP contribution in [-0.2, 0) is 65.5 Å². The van der Waals surface area contributed by atoms with Crippen LogP contribution in [-0.4, -0.2) is 190 Å². The van der Waals surface area contributed by atoms with E-state index in [9.17, 15) is 44.4 Å². The van der Waals surface area contributed by atoms with Crippen molar-refractivity contribution in [3.63, 3.8) is 0 Å². The van der Waals surface area contributed by atoms with E-state index in [4.69, 9.17) is 28.4 Å². The summed E-state index contributed by atoms with van der Waals surface area (Å²) in [5.74, 6) is -8.20. The number of aliphatic hydroxyl groups excluding tert-OH is 3. The number of allylic oxidation sites excluding steroid dienone is 6. The van der Waals surface area contributed by atoms with E-state index in [-0.39, 0.29) is 80.7 Å². The fourth-order valence-corrected chi connectivity index (χ4v) is 11.9. The Morgan fingerprint density at radius 3 is 2.27 bits per heavy atom. The minimum atomic E-state index is -2.45. The molecule has 0 aromatic carbocycles. The smallest absolute Gasteiger partial charge is 0.329 e. The zero-order valence-electron chi connectivity index (χ0n) is 49.3. The maximum atomic E-state index is 14.7. The standard InChI is InChI=1S/C60H95N5O15/c1-38-16-12-11-13-17-39(2)51(75-8)34-47-21-19-44(7)60(74,80-47)57(71)58(72)65-23-15-14-18-48(65)59(73)79-52(35-49(68)40(3)31-43(6)55(70)56(77-10)54(69)42(5)30-38)41(4)32-45-20-22-50(53(33-45)76-9)78-37-46-36-64(62-61-46)25-24-63(26-28-66)27-29-67/h11-13,16-17,31,36,38,40-42,44-45,47-48,50-53,55-56,66-67,70,74H,14-15,18-30,32-35,37H2,1-10H3/b13-11?,16-12+,39-17?,43-31+/t38-,40-,41-,42-,44-,45+,47+,48+,50-,51+,52+,53-,55-,56+,60-/m1/s1. The largest absolute Gasteiger partial charge is 0.460 e. The van der Waals surface area contributed by atoms with Crippen LogP contribution in [0.4, 0.5) is 0 Å². The Morgan fingerprint density at radius 1 is 0.850 bits per heavy atom. The van der Waals surface area contributed by atoms with Gasteiger partial charge >= 0.3 is 5.97 Å². The number of fused-ring (bicyclic) bond motifs is 3. The highest BCUT2D eigenvalue weighted by Crippen LogP contribution is 2.38. The second kappa shape index (κ2) is 32.5. The van der Waals surface area contributed by atoms with Gasteiger partial charge in [0.2, 0.25) is 5.79 Å². The first-order valence-corrected chi connectivity index (χ1v) is 29.1. The molecule has 2 saturated heterocycles. The third-order valence-electron chi connectivity index (χ3n) is 17.0. The molecule has 5 rings (SSSR count). The molecular formula is C60H95N5O15. The lowest BCUT2D eigenvalue weighted by atomic mass is 9.78. The molecule has 1 saturated carbocycles. The van der Waals surface area contributed by atoms with Gasteiger partial charge in [-0.25, -0.2) is 4.79 Å². The number of piperidine rings is 1. The summed E-state index contributed by atoms with van der Waals surface area (Å²) in [6.07, 6.45) is 13.3. The molecule has 0 spiro atoms. The van der Waals surface area contributed by atoms with Crippen molar-refractivity contribution >= 4 is 29.2 Å². The Balaban J connectivity index is 1.39. The van der Waals surface area contributed by atoms with Crippen molar-refractivity contribution in [1.82, 2.24) is 24.8 Å². The van der Waals surface area contributed by atoms with Gasteiger partial charge in [0.25, 0.3) is 11.7 Å². The Labute approximate surface area is 474 Å². The van der Waals surface area contributed by atoms with Gasteiger partial charge in [-0.3, -0.25) is 28.8 Å². The Morgan fingerprint density at radius 2 is 1.59 bits per heavy atom. The highest BCUT2D eigenvalue weighted by molar-refractivity contribution is 6.39. The number of cyclic esters (lactones) is 1. The number of amides is 1. The number of aromatic nitrogens is 3. The minimum Gasteiger partial charge on any atom is -0.460 e. The van der Waals surface area contributed by atoms with Crippen molar-refractivity contribution in [3.05, 3.63) is 59.5 Å². The van der Waals surface area contributed by atoms with Gasteiger partial charge < -0.3 is 53.7 Å². The summed E-state index contributed by atoms with van der Waals surface area (Å²) >= 11 is 0. The fourth-order valence-electron chi connectivity index (χ4n) is 11.9. The van der Waals surface area contributed by atoms with E-state index < -0.39 is 77.8 Å². The summed E-state index contributed by atoms with van der Waals surface area (Å²) in [4.78, 5) is 74.8. The number of carbonyl (C=O) groups excluding carboxylic acids is 5. The van der Waals surface area contributed by atoms with Gasteiger partial charge in [-0.1, -0.05) is 76.3 Å². The van der Waals surface area contributed by atoms with Gasteiger partial charge in [-0.2, -0.15) is 0 Å². The maximum absolute atomic E-state index is 14.7. The first-order chi connectivity index (χ1) is 38.2. The van der Waals surface area contributed by atoms with Gasteiger partial charge in [0, 0.05) is 78.1 Å². The lowest BCUT2D eigenvalue weighted by Crippen LogP contribution is -2.61. The summed E-state index contributed by atoms with van der Waals surface area (Å²) in [6, 6.07) is -1.17. The average Bonchev–Trinajstić information content (AvgIpc) is 3.92. The van der Waals surface area contributed by atoms with Crippen LogP contribution >= 0.6 is 0 Å². The Hall–Kier alpha value is -4.35. The van der Waals surface area contributed by atoms with Crippen LogP contribution in [0, 0.1) is 35.5 Å². The van der Waals surface area contributed by atoms with Crippen molar-refractivity contribution in [3.8, 4) is 0 Å². The number of carbonyl (C=O) groups is 5. The van der Waals surface area contributed by atoms with Crippen molar-refractivity contribution in [2.75, 3.05) is 60.7 Å². The molecule has 3 aliphatic heterocycles. The molecule has 4 heterocycles. The molecule has 80 heavy (non-hydrogen) atoms. The summed E-state index contributed by atoms with van der Waals surface area (Å²) in [5, 5.41) is 50.9. The Bertz CT molecular complexity index is 2280. The van der Waals surface area contributed by atoms with Crippen molar-refractivity contribution in [2.45, 2.75) is 193 Å². The first kappa shape index (κ1) is 66.5. The highest BCUT2D eigenvalue weighted by atomic mass is 16.6. The molecule has 20 nitrogen and oxygen atoms in total. The number of nitrogens with zero attached hydrogens (tertiary/aromatic N) is 5. The number of aliphatic hydroxyl groups is 4. The third kappa shape index (κ3) is 18.6. The van der Waals surface area contributed by atoms with Crippen LogP contribution in [0.25, 0.3) is 0 Å². The number of hydrogen-bond acceptors (Lipinski definition) is 18. The predicted molar refractivity (Wildman–Crippen MR) is 298 cm³/mol. The number of ketones is 3. The molecule has 1 aromatic heterocycles. The van der Waals surface area contributed by atoms with Crippen LogP contribution in [0.3, 0.4) is 0 Å². The molecule has 20 heteroatoms. The van der Waals surface area contributed by atoms with Crippen LogP contribution in [0.5, 0.6) is 0 Å². The summed E-state index contributed by atoms with van der Waals surface area (Å²) in [5.41, 5.74) is 1.90. The lowest BCUT2D eigenvalue weighted by molar-refractivity contribution is -0.265. The summed E-state index contributed by atoms with van der Waals surface area (Å²) in [7, 11) is 4.60. The number of Topliss-reactive ketones (excluding diaryl/α,β-unsaturated/α-hetero) is 3. The van der Waals surface area contributed by atoms with Gasteiger partial charge in [0.15, 0.2) is 5.78 Å². The fraction of sp³-hybridized carbons (Fsp3) is 0.750. The number of rotatable bonds is 16. The van der Waals surface area contributed by atoms with Crippen LogP contribution in [0.2, 0.25) is 0 Å². The molecule has 1 aliphatic carbocycles. The van der Waals surface area contributed by atoms with Crippen LogP contribution < -0.4 is 0 Å². The average molecular weight is 1130 g/mol. The van der Waals surface area contributed by atoms with E-state index in [2.05, 4.69) is 10.3 Å². The van der Waals surface area contributed by atoms with E-state index in [0.29, 0.717) is 95.2 Å². The van der Waals surface area contributed by atoms with Gasteiger partial charge in [0.1, 0.15) is 35.8 Å². The maximum Gasteiger partial charge on any atom is 0.329 e. The van der Waals surface area contributed by atoms with E-state index in [1.165, 1.54) is 12.0 Å². The van der Waals surface area contributed by atoms with Gasteiger partial charge in [-0.15, -0.1) is 5.10 Å². The van der Waals surface area contributed by atoms with Crippen LogP contribution in [0.15, 0.2) is 53.8 Å². The zero-order valence-corrected chi connectivity index (χ0v) is 49.3. The number of ether oxygens (including phenoxy) is 6. The van der Waals surface area contributed by atoms with Gasteiger partial charge in [0.05, 0.1) is 57.0 Å². The third-order valence-corrected chi connectivity index (χ3v) is 17.0. The van der Waals surface area contributed by atoms with E-state index in [1.54, 1.807) is 45.7 Å². The van der Waals surface area contributed by atoms with Gasteiger partial charge in [-0.05, 0) is 107 Å². The molecular weight excluding hydrogens is 1030 g/mol. The molecule has 2 bridgehead atoms.